The third-order valence-corrected chi connectivity index (χ3v) is 7.63. The first kappa shape index (κ1) is 27.4. The van der Waals surface area contributed by atoms with E-state index in [2.05, 4.69) is 39.7 Å². The largest absolute Gasteiger partial charge is 0.492 e. The maximum absolute atomic E-state index is 13.4. The lowest BCUT2D eigenvalue weighted by Crippen LogP contribution is -2.46. The first-order valence-corrected chi connectivity index (χ1v) is 13.7. The summed E-state index contributed by atoms with van der Waals surface area (Å²) in [6.45, 7) is 2.62. The maximum Gasteiger partial charge on any atom is 0.255 e. The number of rotatable bonds is 10. The van der Waals surface area contributed by atoms with Crippen molar-refractivity contribution in [2.75, 3.05) is 6.61 Å². The molecule has 0 bridgehead atoms. The van der Waals surface area contributed by atoms with E-state index in [1.807, 2.05) is 36.5 Å². The summed E-state index contributed by atoms with van der Waals surface area (Å²) in [5.41, 5.74) is 9.91. The zero-order chi connectivity index (χ0) is 28.1. The van der Waals surface area contributed by atoms with E-state index in [0.29, 0.717) is 22.9 Å². The average molecular weight is 558 g/mol. The van der Waals surface area contributed by atoms with Crippen LogP contribution in [0, 0.1) is 0 Å². The zero-order valence-electron chi connectivity index (χ0n) is 22.1. The molecule has 8 nitrogen and oxygen atoms in total. The fourth-order valence-electron chi connectivity index (χ4n) is 5.20. The van der Waals surface area contributed by atoms with E-state index in [-0.39, 0.29) is 24.4 Å². The quantitative estimate of drug-likeness (QED) is 0.222. The van der Waals surface area contributed by atoms with E-state index < -0.39 is 17.9 Å². The highest BCUT2D eigenvalue weighted by Crippen LogP contribution is 2.39. The van der Waals surface area contributed by atoms with Crippen molar-refractivity contribution in [2.24, 2.45) is 5.73 Å². The number of hydrogen-bond donors (Lipinski definition) is 4. The normalized spacial score (nSPS) is 16.7. The van der Waals surface area contributed by atoms with Gasteiger partial charge in [0, 0.05) is 41.6 Å². The first-order chi connectivity index (χ1) is 19.4. The highest BCUT2D eigenvalue weighted by Gasteiger charge is 2.31. The molecule has 5 rings (SSSR count). The number of nitrogens with zero attached hydrogens (tertiary/aromatic N) is 1. The smallest absolute Gasteiger partial charge is 0.255 e. The van der Waals surface area contributed by atoms with Crippen LogP contribution < -0.4 is 21.1 Å². The fourth-order valence-corrected chi connectivity index (χ4v) is 5.32. The average Bonchev–Trinajstić information content (AvgIpc) is 3.51. The minimum atomic E-state index is -0.890. The second-order valence-corrected chi connectivity index (χ2v) is 10.5. The molecule has 40 heavy (non-hydrogen) atoms. The Hall–Kier alpha value is -4.14. The van der Waals surface area contributed by atoms with Crippen LogP contribution in [0.4, 0.5) is 0 Å². The third-order valence-electron chi connectivity index (χ3n) is 7.38. The van der Waals surface area contributed by atoms with Crippen LogP contribution in [0.25, 0.3) is 0 Å². The van der Waals surface area contributed by atoms with Crippen molar-refractivity contribution in [3.8, 4) is 5.75 Å². The van der Waals surface area contributed by atoms with Crippen LogP contribution >= 0.6 is 11.6 Å². The van der Waals surface area contributed by atoms with Crippen molar-refractivity contribution >= 4 is 23.4 Å². The number of carbonyl (C=O) groups excluding carboxylic acids is 2. The number of fused-ring (bicyclic) bond motifs is 1. The summed E-state index contributed by atoms with van der Waals surface area (Å²) in [4.78, 5) is 33.2. The van der Waals surface area contributed by atoms with Crippen molar-refractivity contribution in [3.63, 3.8) is 0 Å². The van der Waals surface area contributed by atoms with E-state index in [0.717, 1.165) is 23.2 Å². The molecular weight excluding hydrogens is 526 g/mol. The van der Waals surface area contributed by atoms with Crippen LogP contribution in [0.15, 0.2) is 85.3 Å². The van der Waals surface area contributed by atoms with Crippen LogP contribution in [0.3, 0.4) is 0 Å². The number of amides is 2. The zero-order valence-corrected chi connectivity index (χ0v) is 22.9. The van der Waals surface area contributed by atoms with Crippen LogP contribution in [-0.4, -0.2) is 34.4 Å². The Morgan fingerprint density at radius 3 is 2.58 bits per heavy atom. The maximum atomic E-state index is 13.4. The molecule has 1 aliphatic heterocycles. The number of aromatic amines is 1. The van der Waals surface area contributed by atoms with Crippen LogP contribution in [-0.2, 0) is 11.2 Å². The van der Waals surface area contributed by atoms with Gasteiger partial charge in [0.2, 0.25) is 5.91 Å². The molecule has 9 heteroatoms. The molecule has 3 unspecified atom stereocenters. The van der Waals surface area contributed by atoms with E-state index >= 15 is 0 Å². The van der Waals surface area contributed by atoms with E-state index in [4.69, 9.17) is 22.1 Å². The second kappa shape index (κ2) is 12.4. The number of ether oxygens (including phenoxy) is 1. The Morgan fingerprint density at radius 1 is 1.10 bits per heavy atom. The van der Waals surface area contributed by atoms with Gasteiger partial charge >= 0.3 is 0 Å². The minimum absolute atomic E-state index is 0.0584. The Bertz CT molecular complexity index is 1440. The number of benzene rings is 3. The van der Waals surface area contributed by atoms with Gasteiger partial charge in [0.15, 0.2) is 0 Å². The molecule has 3 aromatic carbocycles. The van der Waals surface area contributed by atoms with Gasteiger partial charge < -0.3 is 26.1 Å². The number of hydrogen-bond acceptors (Lipinski definition) is 5. The molecule has 0 radical (unpaired) electrons. The molecule has 1 aliphatic rings. The standard InChI is InChI=1S/C31H32ClN5O3/c1-19(21-6-3-2-4-7-21)28(27-17-34-18-35-27)36-25-14-15-40-29-23(25)8-5-9-24(29)31(39)37-26(30(33)38)16-20-10-12-22(32)13-11-20/h2-13,17-19,25-26,28,36H,14-16H2,1H3,(H2,33,38)(H,34,35)(H,37,39)/t19?,25?,26-,28?/m0/s1. The van der Waals surface area contributed by atoms with Crippen molar-refractivity contribution in [3.05, 3.63) is 118 Å². The van der Waals surface area contributed by atoms with Gasteiger partial charge in [0.1, 0.15) is 11.8 Å². The topological polar surface area (TPSA) is 122 Å². The van der Waals surface area contributed by atoms with Gasteiger partial charge in [0.05, 0.1) is 30.2 Å². The molecule has 4 aromatic rings. The van der Waals surface area contributed by atoms with Gasteiger partial charge in [-0.3, -0.25) is 9.59 Å². The number of para-hydroxylation sites is 1. The summed E-state index contributed by atoms with van der Waals surface area (Å²) >= 11 is 5.98. The van der Waals surface area contributed by atoms with Gasteiger partial charge in [-0.2, -0.15) is 0 Å². The van der Waals surface area contributed by atoms with Crippen LogP contribution in [0.2, 0.25) is 5.02 Å². The van der Waals surface area contributed by atoms with Gasteiger partial charge in [-0.05, 0) is 29.3 Å². The lowest BCUT2D eigenvalue weighted by Gasteiger charge is -2.33. The first-order valence-electron chi connectivity index (χ1n) is 13.3. The fraction of sp³-hybridized carbons (Fsp3) is 0.258. The number of nitrogens with one attached hydrogen (secondary N) is 3. The van der Waals surface area contributed by atoms with Gasteiger partial charge in [-0.15, -0.1) is 0 Å². The lowest BCUT2D eigenvalue weighted by atomic mass is 9.89. The number of primary amides is 1. The lowest BCUT2D eigenvalue weighted by molar-refractivity contribution is -0.119. The van der Waals surface area contributed by atoms with Crippen molar-refractivity contribution < 1.29 is 14.3 Å². The molecule has 0 aliphatic carbocycles. The molecule has 2 heterocycles. The van der Waals surface area contributed by atoms with Gasteiger partial charge in [-0.1, -0.05) is 73.1 Å². The summed E-state index contributed by atoms with van der Waals surface area (Å²) in [7, 11) is 0. The molecule has 0 spiro atoms. The Morgan fingerprint density at radius 2 is 1.88 bits per heavy atom. The molecular formula is C31H32ClN5O3. The molecule has 206 valence electrons. The summed E-state index contributed by atoms with van der Waals surface area (Å²) in [5, 5.41) is 7.20. The molecule has 0 saturated carbocycles. The number of halogens is 1. The molecule has 0 saturated heterocycles. The molecule has 4 atom stereocenters. The highest BCUT2D eigenvalue weighted by atomic mass is 35.5. The highest BCUT2D eigenvalue weighted by molar-refractivity contribution is 6.30. The molecule has 0 fully saturated rings. The van der Waals surface area contributed by atoms with Gasteiger partial charge in [-0.25, -0.2) is 4.98 Å². The molecule has 2 amide bonds. The Kier molecular flexibility index (Phi) is 8.48. The predicted molar refractivity (Wildman–Crippen MR) is 154 cm³/mol. The predicted octanol–water partition coefficient (Wildman–Crippen LogP) is 4.85. The number of imidazole rings is 1. The Labute approximate surface area is 238 Å². The van der Waals surface area contributed by atoms with Gasteiger partial charge in [0.25, 0.3) is 5.91 Å². The van der Waals surface area contributed by atoms with Crippen molar-refractivity contribution in [2.45, 2.75) is 43.8 Å². The van der Waals surface area contributed by atoms with Crippen LogP contribution in [0.1, 0.15) is 64.1 Å². The summed E-state index contributed by atoms with van der Waals surface area (Å²) < 4.78 is 6.05. The second-order valence-electron chi connectivity index (χ2n) is 10.0. The van der Waals surface area contributed by atoms with Crippen LogP contribution in [0.5, 0.6) is 5.75 Å². The van der Waals surface area contributed by atoms with E-state index in [1.165, 1.54) is 5.56 Å². The monoisotopic (exact) mass is 557 g/mol. The van der Waals surface area contributed by atoms with E-state index in [1.54, 1.807) is 36.7 Å². The summed E-state index contributed by atoms with van der Waals surface area (Å²) in [5.74, 6) is -0.387. The molecule has 5 N–H and O–H groups in total. The summed E-state index contributed by atoms with van der Waals surface area (Å²) in [6, 6.07) is 21.9. The number of H-pyrrole nitrogens is 1. The minimum Gasteiger partial charge on any atom is -0.492 e. The van der Waals surface area contributed by atoms with E-state index in [9.17, 15) is 9.59 Å². The SMILES string of the molecule is CC(c1ccccc1)C(NC1CCOc2c(C(=O)N[C@@H](Cc3ccc(Cl)cc3)C(N)=O)cccc21)c1cnc[nH]1. The van der Waals surface area contributed by atoms with Crippen molar-refractivity contribution in [1.29, 1.82) is 0 Å². The van der Waals surface area contributed by atoms with Crippen molar-refractivity contribution in [1.82, 2.24) is 20.6 Å². The number of carbonyl (C=O) groups is 2. The number of nitrogens with two attached hydrogens (primary N) is 1. The molecule has 1 aromatic heterocycles. The summed E-state index contributed by atoms with van der Waals surface area (Å²) in [6.07, 6.45) is 4.50. The Balaban J connectivity index is 1.38. The number of aromatic nitrogens is 2. The third kappa shape index (κ3) is 6.19.